The van der Waals surface area contributed by atoms with Gasteiger partial charge in [-0.1, -0.05) is 12.2 Å². The molecule has 1 aliphatic heterocycles. The third-order valence-corrected chi connectivity index (χ3v) is 4.00. The van der Waals surface area contributed by atoms with Crippen molar-refractivity contribution >= 4 is 23.8 Å². The highest BCUT2D eigenvalue weighted by Gasteiger charge is 2.27. The van der Waals surface area contributed by atoms with Gasteiger partial charge in [0.2, 0.25) is 0 Å². The summed E-state index contributed by atoms with van der Waals surface area (Å²) >= 11 is 0. The zero-order valence-corrected chi connectivity index (χ0v) is 13.7. The van der Waals surface area contributed by atoms with Crippen LogP contribution >= 0.6 is 0 Å². The van der Waals surface area contributed by atoms with Crippen molar-refractivity contribution in [2.75, 3.05) is 31.6 Å². The van der Waals surface area contributed by atoms with E-state index in [0.717, 1.165) is 11.3 Å². The summed E-state index contributed by atoms with van der Waals surface area (Å²) < 4.78 is 4.77. The van der Waals surface area contributed by atoms with Crippen LogP contribution in [0.25, 0.3) is 6.08 Å². The molecule has 0 radical (unpaired) electrons. The number of carbonyl (C=O) groups excluding carboxylic acids is 1. The van der Waals surface area contributed by atoms with Crippen molar-refractivity contribution in [1.29, 1.82) is 0 Å². The lowest BCUT2D eigenvalue weighted by molar-refractivity contribution is 0.0600. The summed E-state index contributed by atoms with van der Waals surface area (Å²) in [4.78, 5) is 26.4. The lowest BCUT2D eigenvalue weighted by atomic mass is 10.0. The molecule has 0 spiro atoms. The Hall–Kier alpha value is -2.50. The van der Waals surface area contributed by atoms with Gasteiger partial charge < -0.3 is 19.6 Å². The molecule has 0 aliphatic carbocycles. The number of hydrogen-bond acceptors (Lipinski definition) is 4. The van der Waals surface area contributed by atoms with E-state index in [9.17, 15) is 9.59 Å². The van der Waals surface area contributed by atoms with Gasteiger partial charge in [-0.25, -0.2) is 9.59 Å². The molecule has 0 saturated carbocycles. The molecule has 1 aliphatic rings. The molecule has 1 atom stereocenters. The number of esters is 1. The number of carbonyl (C=O) groups is 2. The molecule has 0 bridgehead atoms. The van der Waals surface area contributed by atoms with E-state index in [1.165, 1.54) is 12.0 Å². The number of anilines is 1. The molecule has 1 N–H and O–H groups in total. The predicted octanol–water partition coefficient (Wildman–Crippen LogP) is 2.69. The van der Waals surface area contributed by atoms with Gasteiger partial charge in [-0.2, -0.15) is 0 Å². The first-order chi connectivity index (χ1) is 11.0. The van der Waals surface area contributed by atoms with Crippen LogP contribution in [0.15, 0.2) is 24.3 Å². The molecule has 1 fully saturated rings. The number of methoxy groups -OCH3 is 1. The van der Waals surface area contributed by atoms with E-state index in [4.69, 9.17) is 9.84 Å². The number of hydrogen-bond donors (Lipinski definition) is 1. The number of amides is 1. The number of allylic oxidation sites excluding steroid dienone is 1. The molecule has 1 amide bonds. The molecular weight excluding hydrogens is 296 g/mol. The van der Waals surface area contributed by atoms with Crippen LogP contribution in [0.2, 0.25) is 0 Å². The molecule has 124 valence electrons. The van der Waals surface area contributed by atoms with Crippen LogP contribution in [0.1, 0.15) is 29.8 Å². The van der Waals surface area contributed by atoms with Gasteiger partial charge in [0, 0.05) is 31.4 Å². The van der Waals surface area contributed by atoms with Gasteiger partial charge in [0.1, 0.15) is 0 Å². The first-order valence-electron chi connectivity index (χ1n) is 7.57. The molecule has 6 nitrogen and oxygen atoms in total. The molecule has 1 aromatic rings. The predicted molar refractivity (Wildman–Crippen MR) is 88.9 cm³/mol. The Morgan fingerprint density at radius 1 is 1.35 bits per heavy atom. The van der Waals surface area contributed by atoms with E-state index in [1.807, 2.05) is 32.1 Å². The maximum Gasteiger partial charge on any atom is 0.407 e. The van der Waals surface area contributed by atoms with Crippen LogP contribution in [0, 0.1) is 0 Å². The minimum absolute atomic E-state index is 0.0628. The Bertz CT molecular complexity index is 627. The van der Waals surface area contributed by atoms with E-state index in [1.54, 1.807) is 12.1 Å². The molecule has 2 rings (SSSR count). The summed E-state index contributed by atoms with van der Waals surface area (Å²) in [6.45, 7) is 5.47. The van der Waals surface area contributed by atoms with Crippen LogP contribution in [0.5, 0.6) is 0 Å². The summed E-state index contributed by atoms with van der Waals surface area (Å²) in [5.41, 5.74) is 2.42. The van der Waals surface area contributed by atoms with Crippen molar-refractivity contribution in [2.24, 2.45) is 0 Å². The van der Waals surface area contributed by atoms with Crippen molar-refractivity contribution < 1.29 is 19.4 Å². The number of ether oxygens (including phenoxy) is 1. The second-order valence-electron chi connectivity index (χ2n) is 5.54. The molecule has 1 aromatic carbocycles. The zero-order valence-electron chi connectivity index (χ0n) is 13.7. The Labute approximate surface area is 136 Å². The van der Waals surface area contributed by atoms with Gasteiger partial charge in [-0.05, 0) is 37.6 Å². The molecule has 1 unspecified atom stereocenters. The van der Waals surface area contributed by atoms with Gasteiger partial charge in [0.15, 0.2) is 0 Å². The molecule has 23 heavy (non-hydrogen) atoms. The standard InChI is InChI=1S/C17H22N2O4/c1-4-5-13-10-14(16(20)23-3)6-7-15(13)19-9-8-18(17(21)22)11-12(19)2/h4-7,10,12H,8-9,11H2,1-3H3,(H,21,22). The molecule has 6 heteroatoms. The van der Waals surface area contributed by atoms with E-state index in [0.29, 0.717) is 25.2 Å². The van der Waals surface area contributed by atoms with Gasteiger partial charge in [-0.3, -0.25) is 0 Å². The number of benzene rings is 1. The lowest BCUT2D eigenvalue weighted by Crippen LogP contribution is -2.53. The smallest absolute Gasteiger partial charge is 0.407 e. The topological polar surface area (TPSA) is 70.1 Å². The van der Waals surface area contributed by atoms with Gasteiger partial charge in [0.25, 0.3) is 0 Å². The Morgan fingerprint density at radius 2 is 2.09 bits per heavy atom. The fourth-order valence-electron chi connectivity index (χ4n) is 2.86. The van der Waals surface area contributed by atoms with Crippen molar-refractivity contribution in [3.8, 4) is 0 Å². The van der Waals surface area contributed by atoms with E-state index >= 15 is 0 Å². The largest absolute Gasteiger partial charge is 0.465 e. The minimum atomic E-state index is -0.883. The zero-order chi connectivity index (χ0) is 17.0. The fraction of sp³-hybridized carbons (Fsp3) is 0.412. The summed E-state index contributed by atoms with van der Waals surface area (Å²) in [6.07, 6.45) is 2.97. The van der Waals surface area contributed by atoms with Crippen LogP contribution in [-0.4, -0.2) is 54.9 Å². The van der Waals surface area contributed by atoms with Crippen molar-refractivity contribution in [3.05, 3.63) is 35.4 Å². The van der Waals surface area contributed by atoms with Gasteiger partial charge in [0.05, 0.1) is 12.7 Å². The average Bonchev–Trinajstić information content (AvgIpc) is 2.54. The maximum absolute atomic E-state index is 11.7. The van der Waals surface area contributed by atoms with Crippen LogP contribution in [0.3, 0.4) is 0 Å². The van der Waals surface area contributed by atoms with Crippen LogP contribution < -0.4 is 4.90 Å². The monoisotopic (exact) mass is 318 g/mol. The second kappa shape index (κ2) is 7.17. The Morgan fingerprint density at radius 3 is 2.65 bits per heavy atom. The maximum atomic E-state index is 11.7. The third-order valence-electron chi connectivity index (χ3n) is 4.00. The Balaban J connectivity index is 2.32. The number of carboxylic acid groups (broad SMARTS) is 1. The van der Waals surface area contributed by atoms with E-state index < -0.39 is 6.09 Å². The van der Waals surface area contributed by atoms with Crippen molar-refractivity contribution in [2.45, 2.75) is 19.9 Å². The number of nitrogens with zero attached hydrogens (tertiary/aromatic N) is 2. The average molecular weight is 318 g/mol. The first kappa shape index (κ1) is 16.9. The number of rotatable bonds is 3. The van der Waals surface area contributed by atoms with Gasteiger partial charge >= 0.3 is 12.1 Å². The van der Waals surface area contributed by atoms with E-state index in [-0.39, 0.29) is 12.0 Å². The molecule has 1 saturated heterocycles. The van der Waals surface area contributed by atoms with Gasteiger partial charge in [-0.15, -0.1) is 0 Å². The normalized spacial score (nSPS) is 18.3. The minimum Gasteiger partial charge on any atom is -0.465 e. The highest BCUT2D eigenvalue weighted by atomic mass is 16.5. The highest BCUT2D eigenvalue weighted by molar-refractivity contribution is 5.91. The summed E-state index contributed by atoms with van der Waals surface area (Å²) in [6, 6.07) is 5.50. The number of piperazine rings is 1. The molecule has 0 aromatic heterocycles. The quantitative estimate of drug-likeness (QED) is 0.868. The fourth-order valence-corrected chi connectivity index (χ4v) is 2.86. The summed E-state index contributed by atoms with van der Waals surface area (Å²) in [7, 11) is 1.36. The van der Waals surface area contributed by atoms with Crippen molar-refractivity contribution in [1.82, 2.24) is 4.90 Å². The summed E-state index contributed by atoms with van der Waals surface area (Å²) in [5.74, 6) is -0.369. The highest BCUT2D eigenvalue weighted by Crippen LogP contribution is 2.27. The summed E-state index contributed by atoms with van der Waals surface area (Å²) in [5, 5.41) is 9.12. The van der Waals surface area contributed by atoms with Crippen molar-refractivity contribution in [3.63, 3.8) is 0 Å². The lowest BCUT2D eigenvalue weighted by Gasteiger charge is -2.40. The third kappa shape index (κ3) is 3.64. The SMILES string of the molecule is CC=Cc1cc(C(=O)OC)ccc1N1CCN(C(=O)O)CC1C. The Kier molecular flexibility index (Phi) is 5.26. The molecular formula is C17H22N2O4. The van der Waals surface area contributed by atoms with Crippen LogP contribution in [-0.2, 0) is 4.74 Å². The first-order valence-corrected chi connectivity index (χ1v) is 7.57. The van der Waals surface area contributed by atoms with Crippen LogP contribution in [0.4, 0.5) is 10.5 Å². The van der Waals surface area contributed by atoms with E-state index in [2.05, 4.69) is 4.90 Å². The molecule has 1 heterocycles. The second-order valence-corrected chi connectivity index (χ2v) is 5.54.